The van der Waals surface area contributed by atoms with E-state index in [0.717, 1.165) is 29.8 Å². The zero-order valence-corrected chi connectivity index (χ0v) is 24.1. The summed E-state index contributed by atoms with van der Waals surface area (Å²) in [5, 5.41) is 19.9. The Labute approximate surface area is 251 Å². The number of halogens is 3. The van der Waals surface area contributed by atoms with Crippen LogP contribution in [0.3, 0.4) is 0 Å². The zero-order chi connectivity index (χ0) is 30.5. The molecule has 9 nitrogen and oxygen atoms in total. The fourth-order valence-corrected chi connectivity index (χ4v) is 5.52. The van der Waals surface area contributed by atoms with Crippen molar-refractivity contribution in [3.8, 4) is 17.0 Å². The number of carbonyl (C=O) groups is 2. The summed E-state index contributed by atoms with van der Waals surface area (Å²) in [4.78, 5) is 29.9. The monoisotopic (exact) mass is 609 g/mol. The van der Waals surface area contributed by atoms with Crippen LogP contribution in [0.25, 0.3) is 22.2 Å². The summed E-state index contributed by atoms with van der Waals surface area (Å²) < 4.78 is 36.8. The van der Waals surface area contributed by atoms with Crippen LogP contribution in [0.2, 0.25) is 5.02 Å². The summed E-state index contributed by atoms with van der Waals surface area (Å²) in [6, 6.07) is 8.83. The van der Waals surface area contributed by atoms with Gasteiger partial charge in [-0.1, -0.05) is 11.6 Å². The molecule has 2 heterocycles. The summed E-state index contributed by atoms with van der Waals surface area (Å²) in [5.41, 5.74) is 5.14. The molecule has 2 aromatic carbocycles. The SMILES string of the molecule is CCOc1c(CC(N)=O)cc([C@@](O)(CNC(=O)c2ccc3nn(C4CC4)cc3c2)C2CC2)nc1-c1cc(Cl)c(F)cc1F. The number of nitrogens with two attached hydrogens (primary N) is 1. The zero-order valence-electron chi connectivity index (χ0n) is 23.4. The average Bonchev–Trinajstić information content (AvgIpc) is 3.91. The maximum Gasteiger partial charge on any atom is 0.251 e. The van der Waals surface area contributed by atoms with Crippen molar-refractivity contribution in [3.05, 3.63) is 76.1 Å². The number of benzene rings is 2. The van der Waals surface area contributed by atoms with Crippen molar-refractivity contribution in [1.82, 2.24) is 20.1 Å². The maximum atomic E-state index is 15.1. The molecule has 0 bridgehead atoms. The highest BCUT2D eigenvalue weighted by Gasteiger charge is 2.47. The molecule has 224 valence electrons. The lowest BCUT2D eigenvalue weighted by Gasteiger charge is -2.30. The topological polar surface area (TPSA) is 132 Å². The minimum atomic E-state index is -1.68. The number of aliphatic hydroxyl groups is 1. The van der Waals surface area contributed by atoms with E-state index in [-0.39, 0.29) is 58.8 Å². The van der Waals surface area contributed by atoms with E-state index in [9.17, 15) is 19.1 Å². The van der Waals surface area contributed by atoms with Gasteiger partial charge in [0.2, 0.25) is 5.91 Å². The maximum absolute atomic E-state index is 15.1. The third-order valence-corrected chi connectivity index (χ3v) is 8.18. The minimum absolute atomic E-state index is 0.0638. The molecule has 2 aliphatic rings. The third-order valence-electron chi connectivity index (χ3n) is 7.89. The first-order valence-corrected chi connectivity index (χ1v) is 14.5. The van der Waals surface area contributed by atoms with Crippen LogP contribution in [0.15, 0.2) is 42.6 Å². The molecule has 2 aliphatic carbocycles. The van der Waals surface area contributed by atoms with Crippen LogP contribution in [0, 0.1) is 17.6 Å². The van der Waals surface area contributed by atoms with Gasteiger partial charge in [-0.2, -0.15) is 5.10 Å². The van der Waals surface area contributed by atoms with E-state index in [1.165, 1.54) is 6.07 Å². The fraction of sp³-hybridized carbons (Fsp3) is 0.355. The molecule has 0 spiro atoms. The van der Waals surface area contributed by atoms with Crippen LogP contribution < -0.4 is 15.8 Å². The van der Waals surface area contributed by atoms with Crippen molar-refractivity contribution < 1.29 is 28.2 Å². The Balaban J connectivity index is 1.37. The number of rotatable bonds is 11. The van der Waals surface area contributed by atoms with E-state index >= 15 is 4.39 Å². The second kappa shape index (κ2) is 11.2. The first kappa shape index (κ1) is 29.0. The van der Waals surface area contributed by atoms with E-state index < -0.39 is 29.0 Å². The van der Waals surface area contributed by atoms with E-state index in [0.29, 0.717) is 30.5 Å². The molecule has 2 fully saturated rings. The number of amides is 2. The van der Waals surface area contributed by atoms with Crippen LogP contribution in [0.4, 0.5) is 8.78 Å². The highest BCUT2D eigenvalue weighted by atomic mass is 35.5. The summed E-state index contributed by atoms with van der Waals surface area (Å²) in [5.74, 6) is -3.21. The van der Waals surface area contributed by atoms with Gasteiger partial charge in [0.15, 0.2) is 0 Å². The normalized spacial score (nSPS) is 16.2. The Morgan fingerprint density at radius 1 is 1.16 bits per heavy atom. The van der Waals surface area contributed by atoms with E-state index in [2.05, 4.69) is 15.4 Å². The molecular formula is C31H30ClF2N5O4. The van der Waals surface area contributed by atoms with Crippen LogP contribution in [-0.4, -0.2) is 44.8 Å². The molecule has 6 rings (SSSR count). The number of pyridine rings is 1. The van der Waals surface area contributed by atoms with Crippen molar-refractivity contribution in [2.75, 3.05) is 13.2 Å². The molecule has 2 aromatic heterocycles. The second-order valence-electron chi connectivity index (χ2n) is 11.2. The van der Waals surface area contributed by atoms with Crippen molar-refractivity contribution in [2.45, 2.75) is 50.7 Å². The number of nitrogens with zero attached hydrogens (tertiary/aromatic N) is 3. The molecule has 43 heavy (non-hydrogen) atoms. The molecule has 0 unspecified atom stereocenters. The number of aromatic nitrogens is 3. The Kier molecular flexibility index (Phi) is 7.55. The lowest BCUT2D eigenvalue weighted by atomic mass is 9.90. The van der Waals surface area contributed by atoms with Crippen LogP contribution in [-0.2, 0) is 16.8 Å². The number of hydrogen-bond acceptors (Lipinski definition) is 6. The van der Waals surface area contributed by atoms with Gasteiger partial charge >= 0.3 is 0 Å². The highest BCUT2D eigenvalue weighted by molar-refractivity contribution is 6.31. The van der Waals surface area contributed by atoms with E-state index in [1.54, 1.807) is 25.1 Å². The fourth-order valence-electron chi connectivity index (χ4n) is 5.35. The standard InChI is InChI=1S/C31H30ClF2N5O4/c1-2-43-29-17(11-27(35)40)10-26(37-28(29)21-12-22(32)24(34)13-23(21)33)31(42,19-4-5-19)15-36-30(41)16-3-8-25-18(9-16)14-39(38-25)20-6-7-20/h3,8-10,12-14,19-20,42H,2,4-7,11,15H2,1H3,(H2,35,40)(H,36,41)/t31-/m1/s1. The predicted molar refractivity (Wildman–Crippen MR) is 156 cm³/mol. The van der Waals surface area contributed by atoms with Gasteiger partial charge in [-0.05, 0) is 68.9 Å². The lowest BCUT2D eigenvalue weighted by molar-refractivity contribution is -0.117. The first-order chi connectivity index (χ1) is 20.6. The van der Waals surface area contributed by atoms with Gasteiger partial charge in [-0.15, -0.1) is 0 Å². The Bertz CT molecular complexity index is 1750. The summed E-state index contributed by atoms with van der Waals surface area (Å²) in [7, 11) is 0. The molecule has 1 atom stereocenters. The molecule has 0 saturated heterocycles. The van der Waals surface area contributed by atoms with Gasteiger partial charge in [0.25, 0.3) is 5.91 Å². The molecule has 2 saturated carbocycles. The number of primary amides is 1. The van der Waals surface area contributed by atoms with Gasteiger partial charge < -0.3 is 20.9 Å². The smallest absolute Gasteiger partial charge is 0.251 e. The number of carbonyl (C=O) groups excluding carboxylic acids is 2. The van der Waals surface area contributed by atoms with Gasteiger partial charge in [0.1, 0.15) is 28.7 Å². The number of fused-ring (bicyclic) bond motifs is 1. The van der Waals surface area contributed by atoms with Gasteiger partial charge in [-0.3, -0.25) is 14.3 Å². The highest BCUT2D eigenvalue weighted by Crippen LogP contribution is 2.47. The van der Waals surface area contributed by atoms with Crippen molar-refractivity contribution in [3.63, 3.8) is 0 Å². The van der Waals surface area contributed by atoms with Crippen molar-refractivity contribution in [1.29, 1.82) is 0 Å². The third kappa shape index (κ3) is 5.79. The van der Waals surface area contributed by atoms with E-state index in [1.807, 2.05) is 10.9 Å². The molecule has 2 amide bonds. The number of ether oxygens (including phenoxy) is 1. The van der Waals surface area contributed by atoms with Crippen molar-refractivity contribution in [2.24, 2.45) is 11.7 Å². The molecular weight excluding hydrogens is 580 g/mol. The lowest BCUT2D eigenvalue weighted by Crippen LogP contribution is -2.43. The first-order valence-electron chi connectivity index (χ1n) is 14.2. The molecule has 4 aromatic rings. The molecule has 4 N–H and O–H groups in total. The van der Waals surface area contributed by atoms with Crippen LogP contribution >= 0.6 is 11.6 Å². The van der Waals surface area contributed by atoms with Gasteiger partial charge in [-0.25, -0.2) is 13.8 Å². The van der Waals surface area contributed by atoms with Gasteiger partial charge in [0.05, 0.1) is 41.8 Å². The molecule has 0 radical (unpaired) electrons. The average molecular weight is 610 g/mol. The van der Waals surface area contributed by atoms with Gasteiger partial charge in [0, 0.05) is 34.3 Å². The Morgan fingerprint density at radius 3 is 2.60 bits per heavy atom. The second-order valence-corrected chi connectivity index (χ2v) is 11.6. The predicted octanol–water partition coefficient (Wildman–Crippen LogP) is 4.82. The summed E-state index contributed by atoms with van der Waals surface area (Å²) in [6.45, 7) is 1.63. The minimum Gasteiger partial charge on any atom is -0.491 e. The molecule has 12 heteroatoms. The summed E-state index contributed by atoms with van der Waals surface area (Å²) >= 11 is 5.99. The number of hydrogen-bond donors (Lipinski definition) is 3. The number of nitrogens with one attached hydrogen (secondary N) is 1. The Morgan fingerprint density at radius 2 is 1.93 bits per heavy atom. The summed E-state index contributed by atoms with van der Waals surface area (Å²) in [6.07, 6.45) is 5.12. The van der Waals surface area contributed by atoms with E-state index in [4.69, 9.17) is 22.1 Å². The van der Waals surface area contributed by atoms with Crippen LogP contribution in [0.5, 0.6) is 5.75 Å². The quantitative estimate of drug-likeness (QED) is 0.209. The van der Waals surface area contributed by atoms with Crippen LogP contribution in [0.1, 0.15) is 60.3 Å². The van der Waals surface area contributed by atoms with Crippen molar-refractivity contribution >= 4 is 34.3 Å². The largest absolute Gasteiger partial charge is 0.491 e. The molecule has 0 aliphatic heterocycles. The Hall–Kier alpha value is -4.09.